The molecule has 2 amide bonds. The Hall–Kier alpha value is -0.581. The molecule has 0 aromatic rings. The molecule has 0 radical (unpaired) electrons. The number of carbonyl (C=O) groups is 2. The summed E-state index contributed by atoms with van der Waals surface area (Å²) in [5, 5.41) is 0. The number of unbranched alkanes of at least 4 members (excludes halogenated alkanes) is 2. The van der Waals surface area contributed by atoms with Crippen molar-refractivity contribution in [3.05, 3.63) is 42.0 Å². The average molecular weight is 492 g/mol. The van der Waals surface area contributed by atoms with Gasteiger partial charge in [-0.3, -0.25) is 0 Å². The van der Waals surface area contributed by atoms with Crippen LogP contribution in [0.4, 0.5) is 0 Å². The molecule has 26 heavy (non-hydrogen) atoms. The van der Waals surface area contributed by atoms with Gasteiger partial charge in [-0.1, -0.05) is 0 Å². The van der Waals surface area contributed by atoms with E-state index in [9.17, 15) is 9.59 Å². The fraction of sp³-hybridized carbons (Fsp3) is 0.500. The van der Waals surface area contributed by atoms with Gasteiger partial charge in [0.1, 0.15) is 0 Å². The first-order valence-electron chi connectivity index (χ1n) is 9.64. The molecule has 2 aliphatic carbocycles. The van der Waals surface area contributed by atoms with Gasteiger partial charge >= 0.3 is 179 Å². The van der Waals surface area contributed by atoms with E-state index in [0.29, 0.717) is 12.8 Å². The van der Waals surface area contributed by atoms with Crippen LogP contribution in [-0.2, 0) is 32.8 Å². The van der Waals surface area contributed by atoms with Crippen molar-refractivity contribution in [2.24, 2.45) is 0 Å². The van der Waals surface area contributed by atoms with E-state index in [2.05, 4.69) is 46.2 Å². The number of carbonyl (C=O) groups excluding carboxylic acids is 2. The Morgan fingerprint density at radius 3 is 1.77 bits per heavy atom. The molecular formula is C20H31GaN2O2Zr. The van der Waals surface area contributed by atoms with Gasteiger partial charge in [0, 0.05) is 0 Å². The van der Waals surface area contributed by atoms with Crippen LogP contribution < -0.4 is 8.05 Å². The third-order valence-electron chi connectivity index (χ3n) is 4.33. The summed E-state index contributed by atoms with van der Waals surface area (Å²) >= 11 is -1.65. The molecule has 0 fully saturated rings. The van der Waals surface area contributed by atoms with Gasteiger partial charge in [-0.15, -0.1) is 0 Å². The van der Waals surface area contributed by atoms with Gasteiger partial charge in [-0.2, -0.15) is 0 Å². The van der Waals surface area contributed by atoms with E-state index in [0.717, 1.165) is 0 Å². The van der Waals surface area contributed by atoms with E-state index in [4.69, 9.17) is 0 Å². The molecule has 2 N–H and O–H groups in total. The van der Waals surface area contributed by atoms with Gasteiger partial charge in [0.2, 0.25) is 0 Å². The fourth-order valence-corrected chi connectivity index (χ4v) is 7.28. The number of nitrogens with one attached hydrogen (secondary N) is 2. The monoisotopic (exact) mass is 490 g/mol. The molecule has 2 aliphatic rings. The third-order valence-corrected chi connectivity index (χ3v) is 9.95. The zero-order valence-electron chi connectivity index (χ0n) is 16.1. The summed E-state index contributed by atoms with van der Waals surface area (Å²) in [6.45, 7) is 4.59. The SMILES string of the molecule is CCCCC1=[C]([Zr][C]2=C(CCCC)C=CC2)CC=C1.O=C[NH][GaH][NH]C=O. The van der Waals surface area contributed by atoms with E-state index in [1.165, 1.54) is 51.4 Å². The van der Waals surface area contributed by atoms with Crippen molar-refractivity contribution in [3.8, 4) is 0 Å². The Bertz CT molecular complexity index is 520. The molecule has 4 nitrogen and oxygen atoms in total. The molecule has 6 heteroatoms. The first kappa shape index (κ1) is 23.5. The van der Waals surface area contributed by atoms with Crippen LogP contribution >= 0.6 is 0 Å². The fourth-order valence-electron chi connectivity index (χ4n) is 2.89. The van der Waals surface area contributed by atoms with Gasteiger partial charge in [-0.05, 0) is 0 Å². The number of allylic oxidation sites excluding steroid dienone is 8. The molecule has 0 heterocycles. The topological polar surface area (TPSA) is 58.2 Å². The first-order valence-corrected chi connectivity index (χ1v) is 15.1. The van der Waals surface area contributed by atoms with E-state index in [1.807, 2.05) is 6.56 Å². The summed E-state index contributed by atoms with van der Waals surface area (Å²) in [6, 6.07) is 0. The minimum absolute atomic E-state index is 0.463. The Morgan fingerprint density at radius 1 is 0.923 bits per heavy atom. The minimum atomic E-state index is -1.18. The van der Waals surface area contributed by atoms with Gasteiger partial charge in [0.15, 0.2) is 0 Å². The number of rotatable bonds is 12. The molecular weight excluding hydrogens is 461 g/mol. The van der Waals surface area contributed by atoms with E-state index >= 15 is 0 Å². The second-order valence-corrected chi connectivity index (χ2v) is 12.4. The molecule has 0 aliphatic heterocycles. The van der Waals surface area contributed by atoms with Gasteiger partial charge in [-0.25, -0.2) is 0 Å². The molecule has 140 valence electrons. The Labute approximate surface area is 177 Å². The van der Waals surface area contributed by atoms with Crippen LogP contribution in [0.1, 0.15) is 65.2 Å². The molecule has 0 atom stereocenters. The number of hydrogen-bond acceptors (Lipinski definition) is 2. The van der Waals surface area contributed by atoms with Crippen LogP contribution in [0.25, 0.3) is 0 Å². The quantitative estimate of drug-likeness (QED) is 0.249. The normalized spacial score (nSPS) is 14.8. The van der Waals surface area contributed by atoms with Crippen LogP contribution in [0.3, 0.4) is 0 Å². The Kier molecular flexibility index (Phi) is 14.0. The maximum absolute atomic E-state index is 9.46. The van der Waals surface area contributed by atoms with Crippen LogP contribution in [0.2, 0.25) is 0 Å². The molecule has 0 saturated carbocycles. The van der Waals surface area contributed by atoms with Gasteiger partial charge in [0.25, 0.3) is 0 Å². The number of amides is 2. The van der Waals surface area contributed by atoms with E-state index in [1.54, 1.807) is 11.1 Å². The first-order chi connectivity index (χ1) is 12.8. The summed E-state index contributed by atoms with van der Waals surface area (Å²) in [5.74, 6) is 0. The van der Waals surface area contributed by atoms with Crippen molar-refractivity contribution in [1.29, 1.82) is 0 Å². The second kappa shape index (κ2) is 15.5. The molecule has 0 spiro atoms. The predicted molar refractivity (Wildman–Crippen MR) is 106 cm³/mol. The average Bonchev–Trinajstić information content (AvgIpc) is 3.29. The molecule has 0 bridgehead atoms. The van der Waals surface area contributed by atoms with Gasteiger partial charge in [0.05, 0.1) is 0 Å². The van der Waals surface area contributed by atoms with E-state index < -0.39 is 41.1 Å². The molecule has 0 saturated heterocycles. The summed E-state index contributed by atoms with van der Waals surface area (Å²) in [5.41, 5.74) is 3.42. The van der Waals surface area contributed by atoms with Crippen molar-refractivity contribution in [2.75, 3.05) is 0 Å². The van der Waals surface area contributed by atoms with Crippen LogP contribution in [-0.4, -0.2) is 30.7 Å². The summed E-state index contributed by atoms with van der Waals surface area (Å²) < 4.78 is 8.56. The molecule has 2 rings (SSSR count). The van der Waals surface area contributed by atoms with Crippen molar-refractivity contribution >= 4 is 30.7 Å². The zero-order valence-corrected chi connectivity index (χ0v) is 21.6. The standard InChI is InChI=1S/2C9H13.2CH3NO.Ga.Zr.H/c2*1-2-3-6-9-7-4-5-8-9;2*2-1-3;;;/h2*4,7H,2-3,5-6H2,1H3;2*1H,(H2,2,3);;;/q;;;;+2;;/p-2. The summed E-state index contributed by atoms with van der Waals surface area (Å²) in [6.07, 6.45) is 21.4. The molecule has 0 unspecified atom stereocenters. The second-order valence-electron chi connectivity index (χ2n) is 6.37. The Morgan fingerprint density at radius 2 is 1.38 bits per heavy atom. The summed E-state index contributed by atoms with van der Waals surface area (Å²) in [7, 11) is 0. The number of hydrogen-bond donors (Lipinski definition) is 2. The molecule has 0 aromatic carbocycles. The molecule has 0 aromatic heterocycles. The van der Waals surface area contributed by atoms with Crippen LogP contribution in [0.15, 0.2) is 42.0 Å². The van der Waals surface area contributed by atoms with E-state index in [-0.39, 0.29) is 0 Å². The predicted octanol–water partition coefficient (Wildman–Crippen LogP) is 3.62. The maximum atomic E-state index is 9.46. The Balaban J connectivity index is 0.000000412. The zero-order chi connectivity index (χ0) is 19.0. The van der Waals surface area contributed by atoms with Gasteiger partial charge < -0.3 is 0 Å². The third kappa shape index (κ3) is 9.38. The summed E-state index contributed by atoms with van der Waals surface area (Å²) in [4.78, 5) is 18.9. The van der Waals surface area contributed by atoms with Crippen LogP contribution in [0, 0.1) is 0 Å². The van der Waals surface area contributed by atoms with Crippen molar-refractivity contribution in [3.63, 3.8) is 0 Å². The van der Waals surface area contributed by atoms with Crippen LogP contribution in [0.5, 0.6) is 0 Å². The van der Waals surface area contributed by atoms with Crippen molar-refractivity contribution in [2.45, 2.75) is 65.2 Å². The van der Waals surface area contributed by atoms with Crippen molar-refractivity contribution in [1.82, 2.24) is 8.05 Å². The van der Waals surface area contributed by atoms with Crippen molar-refractivity contribution < 1.29 is 32.8 Å².